The van der Waals surface area contributed by atoms with Gasteiger partial charge >= 0.3 is 0 Å². The minimum Gasteiger partial charge on any atom is -0.438 e. The molecule has 2 aromatic heterocycles. The standard InChI is InChI=1S/C23H24N6O5/c1-15(30)24-16-3-2-4-17(9-16)34-21-6-5-19-25-18(11-29(19)27-21)26-20(31)10-22(32)28-8-7-23(12-28)13-33-14-23/h2-6,9,11H,7-8,10,12-14H2,1H3,(H,24,30)(H,26,31). The fraction of sp³-hybridized carbons (Fsp3) is 0.348. The van der Waals surface area contributed by atoms with E-state index in [0.29, 0.717) is 55.1 Å². The summed E-state index contributed by atoms with van der Waals surface area (Å²) in [6.45, 7) is 4.10. The average molecular weight is 464 g/mol. The molecule has 11 nitrogen and oxygen atoms in total. The highest BCUT2D eigenvalue weighted by molar-refractivity contribution is 6.03. The fourth-order valence-electron chi connectivity index (χ4n) is 4.15. The van der Waals surface area contributed by atoms with Crippen LogP contribution in [0, 0.1) is 5.41 Å². The second-order valence-electron chi connectivity index (χ2n) is 8.69. The molecule has 0 aliphatic carbocycles. The van der Waals surface area contributed by atoms with Gasteiger partial charge in [-0.05, 0) is 24.6 Å². The first-order valence-electron chi connectivity index (χ1n) is 10.9. The smallest absolute Gasteiger partial charge is 0.237 e. The van der Waals surface area contributed by atoms with Gasteiger partial charge in [0.1, 0.15) is 12.2 Å². The molecule has 2 saturated heterocycles. The van der Waals surface area contributed by atoms with Crippen molar-refractivity contribution in [2.45, 2.75) is 19.8 Å². The summed E-state index contributed by atoms with van der Waals surface area (Å²) < 4.78 is 12.5. The molecule has 0 atom stereocenters. The van der Waals surface area contributed by atoms with Gasteiger partial charge < -0.3 is 25.0 Å². The third-order valence-electron chi connectivity index (χ3n) is 5.86. The highest BCUT2D eigenvalue weighted by atomic mass is 16.5. The molecule has 3 aromatic rings. The molecule has 0 radical (unpaired) electrons. The van der Waals surface area contributed by atoms with Crippen LogP contribution in [0.15, 0.2) is 42.6 Å². The topological polar surface area (TPSA) is 127 Å². The number of hydrogen-bond acceptors (Lipinski definition) is 7. The quantitative estimate of drug-likeness (QED) is 0.535. The highest BCUT2D eigenvalue weighted by Gasteiger charge is 2.45. The number of benzene rings is 1. The molecule has 34 heavy (non-hydrogen) atoms. The van der Waals surface area contributed by atoms with Gasteiger partial charge in [0, 0.05) is 43.2 Å². The van der Waals surface area contributed by atoms with Gasteiger partial charge in [-0.25, -0.2) is 9.50 Å². The van der Waals surface area contributed by atoms with Gasteiger partial charge in [0.15, 0.2) is 11.5 Å². The van der Waals surface area contributed by atoms with Crippen LogP contribution in [0.1, 0.15) is 19.8 Å². The summed E-state index contributed by atoms with van der Waals surface area (Å²) in [5.41, 5.74) is 1.20. The number of nitrogens with zero attached hydrogens (tertiary/aromatic N) is 4. The first-order chi connectivity index (χ1) is 16.4. The predicted octanol–water partition coefficient (Wildman–Crippen LogP) is 2.06. The van der Waals surface area contributed by atoms with Gasteiger partial charge in [-0.15, -0.1) is 5.10 Å². The van der Waals surface area contributed by atoms with Gasteiger partial charge in [0.25, 0.3) is 0 Å². The van der Waals surface area contributed by atoms with E-state index >= 15 is 0 Å². The Labute approximate surface area is 195 Å². The molecular weight excluding hydrogens is 440 g/mol. The number of rotatable bonds is 6. The number of amides is 3. The number of anilines is 2. The molecule has 2 N–H and O–H groups in total. The van der Waals surface area contributed by atoms with Crippen molar-refractivity contribution in [1.82, 2.24) is 19.5 Å². The molecule has 0 unspecified atom stereocenters. The Morgan fingerprint density at radius 3 is 2.76 bits per heavy atom. The normalized spacial score (nSPS) is 16.3. The van der Waals surface area contributed by atoms with Crippen LogP contribution in [0.3, 0.4) is 0 Å². The zero-order valence-electron chi connectivity index (χ0n) is 18.6. The number of likely N-dealkylation sites (tertiary alicyclic amines) is 1. The Bertz CT molecular complexity index is 1270. The molecule has 1 spiro atoms. The Kier molecular flexibility index (Phi) is 5.62. The minimum absolute atomic E-state index is 0.0877. The molecule has 3 amide bonds. The molecule has 11 heteroatoms. The second kappa shape index (κ2) is 8.75. The van der Waals surface area contributed by atoms with Gasteiger partial charge in [-0.1, -0.05) is 6.07 Å². The Morgan fingerprint density at radius 2 is 2.03 bits per heavy atom. The molecule has 5 rings (SSSR count). The molecule has 2 fully saturated rings. The van der Waals surface area contributed by atoms with E-state index < -0.39 is 5.91 Å². The largest absolute Gasteiger partial charge is 0.438 e. The SMILES string of the molecule is CC(=O)Nc1cccc(Oc2ccc3nc(NC(=O)CC(=O)N4CCC5(COC5)C4)cn3n2)c1. The average Bonchev–Trinajstić information content (AvgIpc) is 3.37. The number of carbonyl (C=O) groups is 3. The molecule has 0 bridgehead atoms. The Balaban J connectivity index is 1.20. The van der Waals surface area contributed by atoms with Gasteiger partial charge in [-0.3, -0.25) is 14.4 Å². The summed E-state index contributed by atoms with van der Waals surface area (Å²) in [5.74, 6) is 0.304. The maximum absolute atomic E-state index is 12.5. The Hall–Kier alpha value is -3.99. The summed E-state index contributed by atoms with van der Waals surface area (Å²) in [4.78, 5) is 42.2. The van der Waals surface area contributed by atoms with E-state index in [-0.39, 0.29) is 23.7 Å². The van der Waals surface area contributed by atoms with E-state index in [1.165, 1.54) is 11.4 Å². The number of carbonyl (C=O) groups excluding carboxylic acids is 3. The second-order valence-corrected chi connectivity index (χ2v) is 8.69. The number of hydrogen-bond donors (Lipinski definition) is 2. The van der Waals surface area contributed by atoms with Crippen molar-refractivity contribution in [2.75, 3.05) is 36.9 Å². The summed E-state index contributed by atoms with van der Waals surface area (Å²) in [5, 5.41) is 9.71. The summed E-state index contributed by atoms with van der Waals surface area (Å²) in [6.07, 6.45) is 2.23. The molecule has 4 heterocycles. The van der Waals surface area contributed by atoms with Crippen molar-refractivity contribution >= 4 is 34.9 Å². The van der Waals surface area contributed by atoms with Crippen LogP contribution < -0.4 is 15.4 Å². The van der Waals surface area contributed by atoms with Crippen LogP contribution in [0.25, 0.3) is 5.65 Å². The third kappa shape index (κ3) is 4.69. The summed E-state index contributed by atoms with van der Waals surface area (Å²) >= 11 is 0. The van der Waals surface area contributed by atoms with Crippen LogP contribution in [-0.2, 0) is 19.1 Å². The summed E-state index contributed by atoms with van der Waals surface area (Å²) in [6, 6.07) is 10.3. The Morgan fingerprint density at radius 1 is 1.18 bits per heavy atom. The third-order valence-corrected chi connectivity index (χ3v) is 5.86. The van der Waals surface area contributed by atoms with Crippen molar-refractivity contribution in [2.24, 2.45) is 5.41 Å². The van der Waals surface area contributed by atoms with Crippen molar-refractivity contribution in [1.29, 1.82) is 0 Å². The van der Waals surface area contributed by atoms with E-state index in [9.17, 15) is 14.4 Å². The van der Waals surface area contributed by atoms with Gasteiger partial charge in [0.2, 0.25) is 23.6 Å². The lowest BCUT2D eigenvalue weighted by atomic mass is 9.85. The van der Waals surface area contributed by atoms with Crippen molar-refractivity contribution in [3.05, 3.63) is 42.6 Å². The molecule has 176 valence electrons. The fourth-order valence-corrected chi connectivity index (χ4v) is 4.15. The number of nitrogens with one attached hydrogen (secondary N) is 2. The monoisotopic (exact) mass is 464 g/mol. The van der Waals surface area contributed by atoms with Gasteiger partial charge in [0.05, 0.1) is 19.4 Å². The number of imidazole rings is 1. The van der Waals surface area contributed by atoms with Gasteiger partial charge in [-0.2, -0.15) is 0 Å². The van der Waals surface area contributed by atoms with Crippen LogP contribution >= 0.6 is 0 Å². The number of aromatic nitrogens is 3. The zero-order chi connectivity index (χ0) is 23.7. The molecule has 2 aliphatic heterocycles. The van der Waals surface area contributed by atoms with E-state index in [1.807, 2.05) is 0 Å². The van der Waals surface area contributed by atoms with Crippen LogP contribution in [0.4, 0.5) is 11.5 Å². The van der Waals surface area contributed by atoms with E-state index in [1.54, 1.807) is 47.5 Å². The molecule has 1 aromatic carbocycles. The lowest BCUT2D eigenvalue weighted by molar-refractivity contribution is -0.137. The van der Waals surface area contributed by atoms with Crippen LogP contribution in [0.5, 0.6) is 11.6 Å². The summed E-state index contributed by atoms with van der Waals surface area (Å²) in [7, 11) is 0. The van der Waals surface area contributed by atoms with Crippen LogP contribution in [0.2, 0.25) is 0 Å². The molecule has 0 saturated carbocycles. The molecule has 2 aliphatic rings. The lowest BCUT2D eigenvalue weighted by Crippen LogP contribution is -2.45. The molecular formula is C23H24N6O5. The number of fused-ring (bicyclic) bond motifs is 1. The van der Waals surface area contributed by atoms with Crippen molar-refractivity contribution in [3.8, 4) is 11.6 Å². The first kappa shape index (κ1) is 21.8. The zero-order valence-corrected chi connectivity index (χ0v) is 18.6. The predicted molar refractivity (Wildman–Crippen MR) is 122 cm³/mol. The van der Waals surface area contributed by atoms with E-state index in [4.69, 9.17) is 9.47 Å². The van der Waals surface area contributed by atoms with Crippen molar-refractivity contribution < 1.29 is 23.9 Å². The van der Waals surface area contributed by atoms with Crippen molar-refractivity contribution in [3.63, 3.8) is 0 Å². The van der Waals surface area contributed by atoms with Crippen LogP contribution in [-0.4, -0.2) is 63.5 Å². The number of ether oxygens (including phenoxy) is 2. The maximum atomic E-state index is 12.5. The first-order valence-corrected chi connectivity index (χ1v) is 10.9. The van der Waals surface area contributed by atoms with E-state index in [0.717, 1.165) is 6.42 Å². The lowest BCUT2D eigenvalue weighted by Gasteiger charge is -2.37. The maximum Gasteiger partial charge on any atom is 0.237 e. The minimum atomic E-state index is -0.425. The highest BCUT2D eigenvalue weighted by Crippen LogP contribution is 2.37. The van der Waals surface area contributed by atoms with E-state index in [2.05, 4.69) is 20.7 Å².